The molecule has 132 valence electrons. The maximum atomic E-state index is 12.7. The molecule has 1 aromatic heterocycles. The predicted molar refractivity (Wildman–Crippen MR) is 89.6 cm³/mol. The van der Waals surface area contributed by atoms with Crippen molar-refractivity contribution in [2.45, 2.75) is 0 Å². The normalized spacial score (nSPS) is 16.6. The average Bonchev–Trinajstić information content (AvgIpc) is 2.94. The zero-order valence-electron chi connectivity index (χ0n) is 13.8. The van der Waals surface area contributed by atoms with Crippen LogP contribution >= 0.6 is 0 Å². The van der Waals surface area contributed by atoms with Crippen molar-refractivity contribution in [2.24, 2.45) is 0 Å². The van der Waals surface area contributed by atoms with Gasteiger partial charge in [0.1, 0.15) is 0 Å². The number of imide groups is 1. The van der Waals surface area contributed by atoms with Gasteiger partial charge in [0.15, 0.2) is 0 Å². The van der Waals surface area contributed by atoms with Crippen molar-refractivity contribution in [3.05, 3.63) is 59.4 Å². The fourth-order valence-corrected chi connectivity index (χ4v) is 3.00. The van der Waals surface area contributed by atoms with Gasteiger partial charge in [0.2, 0.25) is 0 Å². The van der Waals surface area contributed by atoms with Crippen LogP contribution in [0.25, 0.3) is 0 Å². The molecule has 0 spiro atoms. The smallest absolute Gasteiger partial charge is 0.366 e. The van der Waals surface area contributed by atoms with Gasteiger partial charge in [0.25, 0.3) is 11.8 Å². The van der Waals surface area contributed by atoms with E-state index in [9.17, 15) is 14.4 Å². The molecule has 1 saturated heterocycles. The third-order valence-corrected chi connectivity index (χ3v) is 4.30. The molecule has 1 aromatic carbocycles. The van der Waals surface area contributed by atoms with Crippen LogP contribution in [0.4, 0.5) is 5.69 Å². The second-order valence-corrected chi connectivity index (χ2v) is 5.82. The first-order valence-electron chi connectivity index (χ1n) is 8.13. The van der Waals surface area contributed by atoms with Crippen LogP contribution in [0.2, 0.25) is 0 Å². The third kappa shape index (κ3) is 2.70. The summed E-state index contributed by atoms with van der Waals surface area (Å²) in [7, 11) is 0. The van der Waals surface area contributed by atoms with Crippen molar-refractivity contribution in [3.8, 4) is 0 Å². The van der Waals surface area contributed by atoms with Gasteiger partial charge in [0.05, 0.1) is 41.8 Å². The minimum atomic E-state index is -0.789. The van der Waals surface area contributed by atoms with Crippen LogP contribution in [-0.2, 0) is 9.57 Å². The molecule has 1 fully saturated rings. The monoisotopic (exact) mass is 353 g/mol. The number of benzene rings is 1. The Balaban J connectivity index is 1.58. The molecule has 0 aliphatic carbocycles. The summed E-state index contributed by atoms with van der Waals surface area (Å²) in [5.74, 6) is -2.09. The third-order valence-electron chi connectivity index (χ3n) is 4.30. The first-order valence-corrected chi connectivity index (χ1v) is 8.13. The Morgan fingerprint density at radius 2 is 1.69 bits per heavy atom. The van der Waals surface area contributed by atoms with Gasteiger partial charge < -0.3 is 14.5 Å². The zero-order valence-corrected chi connectivity index (χ0v) is 13.8. The Kier molecular flexibility index (Phi) is 4.10. The Hall–Kier alpha value is -3.26. The molecule has 4 rings (SSSR count). The number of anilines is 1. The van der Waals surface area contributed by atoms with Crippen LogP contribution in [0.1, 0.15) is 31.1 Å². The molecule has 8 heteroatoms. The van der Waals surface area contributed by atoms with Gasteiger partial charge in [-0.15, -0.1) is 0 Å². The standard InChI is InChI=1S/C18H15N3O5/c22-16-12-3-1-2-4-13(12)17(23)21(16)26-18(24)14-5-6-19-11-15(14)20-7-9-25-10-8-20/h1-6,11H,7-10H2. The molecule has 0 atom stereocenters. The summed E-state index contributed by atoms with van der Waals surface area (Å²) in [4.78, 5) is 48.5. The van der Waals surface area contributed by atoms with Gasteiger partial charge in [-0.3, -0.25) is 14.6 Å². The number of nitrogens with zero attached hydrogens (tertiary/aromatic N) is 3. The van der Waals surface area contributed by atoms with Crippen LogP contribution in [0.15, 0.2) is 42.7 Å². The number of carbonyl (C=O) groups is 3. The molecule has 2 aliphatic rings. The van der Waals surface area contributed by atoms with E-state index in [0.717, 1.165) is 0 Å². The second-order valence-electron chi connectivity index (χ2n) is 5.82. The number of pyridine rings is 1. The number of morpholine rings is 1. The Labute approximate surface area is 148 Å². The largest absolute Gasteiger partial charge is 0.378 e. The van der Waals surface area contributed by atoms with E-state index in [-0.39, 0.29) is 16.7 Å². The Bertz CT molecular complexity index is 857. The molecule has 2 aliphatic heterocycles. The predicted octanol–water partition coefficient (Wildman–Crippen LogP) is 1.29. The fraction of sp³-hybridized carbons (Fsp3) is 0.222. The van der Waals surface area contributed by atoms with E-state index in [1.165, 1.54) is 24.4 Å². The highest BCUT2D eigenvalue weighted by Crippen LogP contribution is 2.26. The first kappa shape index (κ1) is 16.2. The van der Waals surface area contributed by atoms with E-state index in [2.05, 4.69) is 4.98 Å². The number of carbonyl (C=O) groups excluding carboxylic acids is 3. The summed E-state index contributed by atoms with van der Waals surface area (Å²) in [6, 6.07) is 7.85. The lowest BCUT2D eigenvalue weighted by atomic mass is 10.1. The van der Waals surface area contributed by atoms with Crippen LogP contribution < -0.4 is 4.90 Å². The lowest BCUT2D eigenvalue weighted by molar-refractivity contribution is -0.0584. The number of hydroxylamine groups is 2. The molecule has 0 saturated carbocycles. The van der Waals surface area contributed by atoms with E-state index in [0.29, 0.717) is 37.1 Å². The van der Waals surface area contributed by atoms with Crippen LogP contribution in [0.3, 0.4) is 0 Å². The van der Waals surface area contributed by atoms with E-state index in [1.807, 2.05) is 4.90 Å². The Morgan fingerprint density at radius 3 is 2.35 bits per heavy atom. The zero-order chi connectivity index (χ0) is 18.1. The van der Waals surface area contributed by atoms with E-state index in [1.54, 1.807) is 18.3 Å². The molecule has 2 aromatic rings. The summed E-state index contributed by atoms with van der Waals surface area (Å²) in [5.41, 5.74) is 1.25. The molecule has 26 heavy (non-hydrogen) atoms. The highest BCUT2D eigenvalue weighted by atomic mass is 16.7. The van der Waals surface area contributed by atoms with Crippen molar-refractivity contribution in [1.29, 1.82) is 0 Å². The van der Waals surface area contributed by atoms with E-state index < -0.39 is 17.8 Å². The van der Waals surface area contributed by atoms with Gasteiger partial charge >= 0.3 is 5.97 Å². The van der Waals surface area contributed by atoms with Gasteiger partial charge in [-0.2, -0.15) is 0 Å². The van der Waals surface area contributed by atoms with Crippen molar-refractivity contribution in [2.75, 3.05) is 31.2 Å². The summed E-state index contributed by atoms with van der Waals surface area (Å²) in [6.07, 6.45) is 3.02. The minimum Gasteiger partial charge on any atom is -0.378 e. The highest BCUT2D eigenvalue weighted by molar-refractivity contribution is 6.21. The van der Waals surface area contributed by atoms with Crippen molar-refractivity contribution in [3.63, 3.8) is 0 Å². The summed E-state index contributed by atoms with van der Waals surface area (Å²) >= 11 is 0. The molecule has 0 bridgehead atoms. The number of ether oxygens (including phenoxy) is 1. The molecule has 8 nitrogen and oxygen atoms in total. The summed E-state index contributed by atoms with van der Waals surface area (Å²) in [6.45, 7) is 2.31. The number of amides is 2. The topological polar surface area (TPSA) is 89.0 Å². The number of rotatable bonds is 3. The van der Waals surface area contributed by atoms with Gasteiger partial charge in [-0.1, -0.05) is 17.2 Å². The Morgan fingerprint density at radius 1 is 1.04 bits per heavy atom. The SMILES string of the molecule is O=C(ON1C(=O)c2ccccc2C1=O)c1ccncc1N1CCOCC1. The fourth-order valence-electron chi connectivity index (χ4n) is 3.00. The lowest BCUT2D eigenvalue weighted by Crippen LogP contribution is -2.38. The average molecular weight is 353 g/mol. The van der Waals surface area contributed by atoms with E-state index >= 15 is 0 Å². The lowest BCUT2D eigenvalue weighted by Gasteiger charge is -2.29. The van der Waals surface area contributed by atoms with E-state index in [4.69, 9.17) is 9.57 Å². The quantitative estimate of drug-likeness (QED) is 0.768. The molecule has 0 radical (unpaired) electrons. The van der Waals surface area contributed by atoms with Crippen LogP contribution in [0.5, 0.6) is 0 Å². The molecule has 0 N–H and O–H groups in total. The van der Waals surface area contributed by atoms with Crippen LogP contribution in [0, 0.1) is 0 Å². The molecular formula is C18H15N3O5. The highest BCUT2D eigenvalue weighted by Gasteiger charge is 2.39. The van der Waals surface area contributed by atoms with Crippen molar-refractivity contribution < 1.29 is 24.0 Å². The van der Waals surface area contributed by atoms with Gasteiger partial charge in [-0.05, 0) is 18.2 Å². The maximum Gasteiger partial charge on any atom is 0.366 e. The first-order chi connectivity index (χ1) is 12.7. The number of aromatic nitrogens is 1. The summed E-state index contributed by atoms with van der Waals surface area (Å²) < 4.78 is 5.32. The summed E-state index contributed by atoms with van der Waals surface area (Å²) in [5, 5.41) is 0.510. The van der Waals surface area contributed by atoms with Gasteiger partial charge in [0, 0.05) is 19.3 Å². The molecule has 2 amide bonds. The van der Waals surface area contributed by atoms with Crippen molar-refractivity contribution >= 4 is 23.5 Å². The maximum absolute atomic E-state index is 12.7. The second kappa shape index (κ2) is 6.57. The molecule has 0 unspecified atom stereocenters. The van der Waals surface area contributed by atoms with Crippen LogP contribution in [-0.4, -0.2) is 54.1 Å². The number of hydrogen-bond acceptors (Lipinski definition) is 7. The van der Waals surface area contributed by atoms with Gasteiger partial charge in [-0.25, -0.2) is 4.79 Å². The number of hydrogen-bond donors (Lipinski definition) is 0. The number of fused-ring (bicyclic) bond motifs is 1. The molecule has 3 heterocycles. The molecular weight excluding hydrogens is 338 g/mol. The van der Waals surface area contributed by atoms with Crippen molar-refractivity contribution in [1.82, 2.24) is 10.0 Å². The minimum absolute atomic E-state index is 0.216.